The van der Waals surface area contributed by atoms with Crippen LogP contribution in [0.2, 0.25) is 0 Å². The number of fused-ring (bicyclic) bond motifs is 1. The Labute approximate surface area is 159 Å². The molecule has 6 nitrogen and oxygen atoms in total. The Hall–Kier alpha value is -1.48. The van der Waals surface area contributed by atoms with Crippen molar-refractivity contribution in [2.75, 3.05) is 43.3 Å². The van der Waals surface area contributed by atoms with E-state index in [0.717, 1.165) is 29.7 Å². The van der Waals surface area contributed by atoms with Crippen LogP contribution in [0.25, 0.3) is 0 Å². The average Bonchev–Trinajstić information content (AvgIpc) is 3.37. The van der Waals surface area contributed by atoms with Crippen LogP contribution in [-0.2, 0) is 11.3 Å². The van der Waals surface area contributed by atoms with E-state index < -0.39 is 12.2 Å². The summed E-state index contributed by atoms with van der Waals surface area (Å²) in [6.45, 7) is 3.95. The van der Waals surface area contributed by atoms with E-state index in [9.17, 15) is 4.39 Å². The van der Waals surface area contributed by atoms with Crippen LogP contribution < -0.4 is 21.4 Å². The van der Waals surface area contributed by atoms with Gasteiger partial charge in [-0.05, 0) is 37.0 Å². The molecule has 3 aliphatic rings. The molecule has 4 rings (SSSR count). The van der Waals surface area contributed by atoms with Crippen molar-refractivity contribution in [1.82, 2.24) is 5.01 Å². The lowest BCUT2D eigenvalue weighted by Gasteiger charge is -2.39. The van der Waals surface area contributed by atoms with E-state index >= 15 is 4.39 Å². The number of nitrogens with zero attached hydrogens (tertiary/aromatic N) is 3. The Bertz CT molecular complexity index is 714. The molecule has 1 aromatic rings. The first-order valence-electron chi connectivity index (χ1n) is 9.62. The number of alkyl halides is 1. The summed E-state index contributed by atoms with van der Waals surface area (Å²) in [5.74, 6) is 5.37. The van der Waals surface area contributed by atoms with E-state index in [2.05, 4.69) is 4.90 Å². The van der Waals surface area contributed by atoms with Crippen molar-refractivity contribution in [2.24, 2.45) is 17.5 Å². The van der Waals surface area contributed by atoms with Gasteiger partial charge in [-0.1, -0.05) is 0 Å². The second kappa shape index (κ2) is 7.16. The van der Waals surface area contributed by atoms with Gasteiger partial charge in [0.1, 0.15) is 12.0 Å². The molecule has 150 valence electrons. The molecule has 1 saturated heterocycles. The number of anilines is 2. The lowest BCUT2D eigenvalue weighted by molar-refractivity contribution is 0.138. The molecule has 0 bridgehead atoms. The smallest absolute Gasteiger partial charge is 0.147 e. The van der Waals surface area contributed by atoms with Gasteiger partial charge in [-0.2, -0.15) is 0 Å². The average molecular weight is 381 g/mol. The minimum atomic E-state index is -1.09. The highest BCUT2D eigenvalue weighted by molar-refractivity contribution is 5.73. The lowest BCUT2D eigenvalue weighted by Crippen LogP contribution is -2.47. The highest BCUT2D eigenvalue weighted by Crippen LogP contribution is 2.44. The number of rotatable bonds is 5. The van der Waals surface area contributed by atoms with Gasteiger partial charge in [0, 0.05) is 50.4 Å². The number of methoxy groups -OCH3 is 1. The summed E-state index contributed by atoms with van der Waals surface area (Å²) in [6, 6.07) is 1.63. The summed E-state index contributed by atoms with van der Waals surface area (Å²) < 4.78 is 34.8. The van der Waals surface area contributed by atoms with Gasteiger partial charge in [-0.15, -0.1) is 0 Å². The first kappa shape index (κ1) is 18.9. The molecule has 0 radical (unpaired) electrons. The van der Waals surface area contributed by atoms with Crippen LogP contribution in [0.5, 0.6) is 0 Å². The number of nitrogens with two attached hydrogens (primary N) is 2. The van der Waals surface area contributed by atoms with Gasteiger partial charge >= 0.3 is 0 Å². The third-order valence-electron chi connectivity index (χ3n) is 6.04. The number of halogens is 2. The Kier molecular flexibility index (Phi) is 5.00. The summed E-state index contributed by atoms with van der Waals surface area (Å²) in [7, 11) is 1.56. The summed E-state index contributed by atoms with van der Waals surface area (Å²) >= 11 is 0. The quantitative estimate of drug-likeness (QED) is 0.754. The predicted molar refractivity (Wildman–Crippen MR) is 102 cm³/mol. The van der Waals surface area contributed by atoms with Gasteiger partial charge in [-0.3, -0.25) is 5.84 Å². The lowest BCUT2D eigenvalue weighted by atomic mass is 9.99. The van der Waals surface area contributed by atoms with Crippen molar-refractivity contribution in [3.05, 3.63) is 23.0 Å². The standard InChI is InChI=1S/C19H29F2N5O/c1-11-18-12(6-25(23)10-26(18)13-3-4-13)5-15(20)19(11)24-7-14(16(21)8-24)17(22)9-27-2/h5,13-14,16-17H,3-4,6-10,22-23H2,1-2H3/t14-,16+,17-/m0/s1. The Balaban J connectivity index is 1.67. The molecule has 3 atom stereocenters. The molecule has 8 heteroatoms. The first-order chi connectivity index (χ1) is 12.9. The van der Waals surface area contributed by atoms with Gasteiger partial charge < -0.3 is 20.3 Å². The predicted octanol–water partition coefficient (Wildman–Crippen LogP) is 1.50. The molecule has 27 heavy (non-hydrogen) atoms. The summed E-state index contributed by atoms with van der Waals surface area (Å²) in [4.78, 5) is 4.09. The number of hydrogen-bond donors (Lipinski definition) is 2. The van der Waals surface area contributed by atoms with Crippen molar-refractivity contribution in [3.8, 4) is 0 Å². The second-order valence-electron chi connectivity index (χ2n) is 8.13. The van der Waals surface area contributed by atoms with Crippen LogP contribution in [0, 0.1) is 18.7 Å². The molecule has 1 aliphatic carbocycles. The zero-order valence-electron chi connectivity index (χ0n) is 16.0. The maximum absolute atomic E-state index is 15.1. The third-order valence-corrected chi connectivity index (χ3v) is 6.04. The van der Waals surface area contributed by atoms with Crippen molar-refractivity contribution in [2.45, 2.75) is 44.6 Å². The molecule has 1 aromatic carbocycles. The molecule has 0 unspecified atom stereocenters. The molecular formula is C19H29F2N5O. The Morgan fingerprint density at radius 2 is 2.04 bits per heavy atom. The van der Waals surface area contributed by atoms with E-state index in [-0.39, 0.29) is 18.3 Å². The van der Waals surface area contributed by atoms with Crippen LogP contribution in [0.1, 0.15) is 24.0 Å². The maximum Gasteiger partial charge on any atom is 0.147 e. The van der Waals surface area contributed by atoms with Crippen molar-refractivity contribution >= 4 is 11.4 Å². The largest absolute Gasteiger partial charge is 0.383 e. The van der Waals surface area contributed by atoms with Crippen LogP contribution in [0.15, 0.2) is 6.07 Å². The number of ether oxygens (including phenoxy) is 1. The fourth-order valence-electron chi connectivity index (χ4n) is 4.64. The number of hydrogen-bond acceptors (Lipinski definition) is 6. The molecule has 2 fully saturated rings. The fraction of sp³-hybridized carbons (Fsp3) is 0.684. The Morgan fingerprint density at radius 1 is 1.30 bits per heavy atom. The summed E-state index contributed by atoms with van der Waals surface area (Å²) in [6.07, 6.45) is 1.16. The van der Waals surface area contributed by atoms with Crippen LogP contribution in [0.3, 0.4) is 0 Å². The summed E-state index contributed by atoms with van der Waals surface area (Å²) in [5.41, 5.74) is 9.42. The fourth-order valence-corrected chi connectivity index (χ4v) is 4.64. The Morgan fingerprint density at radius 3 is 2.70 bits per heavy atom. The molecule has 0 amide bonds. The number of benzene rings is 1. The third kappa shape index (κ3) is 3.40. The van der Waals surface area contributed by atoms with Crippen LogP contribution >= 0.6 is 0 Å². The molecule has 1 saturated carbocycles. The molecule has 2 aliphatic heterocycles. The van der Waals surface area contributed by atoms with Crippen molar-refractivity contribution in [3.63, 3.8) is 0 Å². The molecule has 0 spiro atoms. The van der Waals surface area contributed by atoms with Crippen molar-refractivity contribution < 1.29 is 13.5 Å². The van der Waals surface area contributed by atoms with Gasteiger partial charge in [-0.25, -0.2) is 13.8 Å². The topological polar surface area (TPSA) is 71.0 Å². The highest BCUT2D eigenvalue weighted by atomic mass is 19.1. The monoisotopic (exact) mass is 381 g/mol. The zero-order chi connectivity index (χ0) is 19.3. The first-order valence-corrected chi connectivity index (χ1v) is 9.62. The van der Waals surface area contributed by atoms with E-state index in [4.69, 9.17) is 16.3 Å². The second-order valence-corrected chi connectivity index (χ2v) is 8.13. The van der Waals surface area contributed by atoms with Crippen LogP contribution in [0.4, 0.5) is 20.2 Å². The number of hydrazine groups is 1. The molecular weight excluding hydrogens is 352 g/mol. The van der Waals surface area contributed by atoms with E-state index in [1.807, 2.05) is 11.8 Å². The van der Waals surface area contributed by atoms with Crippen LogP contribution in [-0.4, -0.2) is 56.7 Å². The molecule has 4 N–H and O–H groups in total. The van der Waals surface area contributed by atoms with Gasteiger partial charge in [0.05, 0.1) is 19.0 Å². The van der Waals surface area contributed by atoms with Gasteiger partial charge in [0.2, 0.25) is 0 Å². The minimum absolute atomic E-state index is 0.158. The zero-order valence-corrected chi connectivity index (χ0v) is 16.0. The minimum Gasteiger partial charge on any atom is -0.383 e. The molecule has 0 aromatic heterocycles. The van der Waals surface area contributed by atoms with Crippen molar-refractivity contribution in [1.29, 1.82) is 0 Å². The summed E-state index contributed by atoms with van der Waals surface area (Å²) in [5, 5.41) is 1.71. The highest BCUT2D eigenvalue weighted by Gasteiger charge is 2.40. The maximum atomic E-state index is 15.1. The van der Waals surface area contributed by atoms with E-state index in [0.29, 0.717) is 38.1 Å². The van der Waals surface area contributed by atoms with Gasteiger partial charge in [0.15, 0.2) is 0 Å². The SMILES string of the molecule is COC[C@H](N)[C@H]1CN(c2c(F)cc3c(c2C)N(C2CC2)CN(N)C3)C[C@H]1F. The van der Waals surface area contributed by atoms with Gasteiger partial charge in [0.25, 0.3) is 0 Å². The van der Waals surface area contributed by atoms with E-state index in [1.165, 1.54) is 0 Å². The normalized spacial score (nSPS) is 27.2. The van der Waals surface area contributed by atoms with E-state index in [1.54, 1.807) is 18.2 Å². The molecule has 2 heterocycles.